The Balaban J connectivity index is 1.61. The van der Waals surface area contributed by atoms with Crippen molar-refractivity contribution in [1.29, 1.82) is 0 Å². The summed E-state index contributed by atoms with van der Waals surface area (Å²) in [5, 5.41) is 0. The van der Waals surface area contributed by atoms with E-state index in [2.05, 4.69) is 30.1 Å². The Labute approximate surface area is 123 Å². The number of carbonyl (C=O) groups excluding carboxylic acids is 1. The molecule has 0 aliphatic rings. The molecule has 2 aromatic carbocycles. The molecule has 21 heavy (non-hydrogen) atoms. The van der Waals surface area contributed by atoms with Gasteiger partial charge in [-0.2, -0.15) is 0 Å². The number of ketones is 1. The van der Waals surface area contributed by atoms with Gasteiger partial charge in [-0.3, -0.25) is 4.79 Å². The second-order valence-electron chi connectivity index (χ2n) is 5.28. The van der Waals surface area contributed by atoms with Crippen LogP contribution in [0.2, 0.25) is 0 Å². The second-order valence-corrected chi connectivity index (χ2v) is 5.28. The molecule has 0 bridgehead atoms. The largest absolute Gasteiger partial charge is 0.440 e. The standard InChI is InChI=1S/C18H17NO2/c1-13-5-4-6-14(11-13)9-10-15(20)12-18-19-16-7-2-3-8-17(16)21-18/h2-8,11H,9-10,12H2,1H3. The number of benzene rings is 2. The van der Waals surface area contributed by atoms with Crippen molar-refractivity contribution in [3.63, 3.8) is 0 Å². The van der Waals surface area contributed by atoms with E-state index in [-0.39, 0.29) is 12.2 Å². The predicted octanol–water partition coefficient (Wildman–Crippen LogP) is 3.88. The number of rotatable bonds is 5. The second kappa shape index (κ2) is 5.92. The molecule has 0 N–H and O–H groups in total. The number of nitrogens with zero attached hydrogens (tertiary/aromatic N) is 1. The van der Waals surface area contributed by atoms with E-state index in [9.17, 15) is 4.79 Å². The van der Waals surface area contributed by atoms with Crippen LogP contribution in [0, 0.1) is 6.92 Å². The number of aryl methyl sites for hydroxylation is 2. The molecule has 0 spiro atoms. The van der Waals surface area contributed by atoms with Crippen LogP contribution in [0.1, 0.15) is 23.4 Å². The van der Waals surface area contributed by atoms with E-state index < -0.39 is 0 Å². The SMILES string of the molecule is Cc1cccc(CCC(=O)Cc2nc3ccccc3o2)c1. The first-order valence-electron chi connectivity index (χ1n) is 7.12. The van der Waals surface area contributed by atoms with Crippen LogP contribution in [0.5, 0.6) is 0 Å². The third-order valence-corrected chi connectivity index (χ3v) is 3.46. The van der Waals surface area contributed by atoms with Gasteiger partial charge in [0.1, 0.15) is 11.3 Å². The molecule has 106 valence electrons. The Bertz CT molecular complexity index is 740. The van der Waals surface area contributed by atoms with Crippen LogP contribution in [-0.2, 0) is 17.6 Å². The summed E-state index contributed by atoms with van der Waals surface area (Å²) in [5.74, 6) is 0.661. The number of carbonyl (C=O) groups is 1. The first-order valence-corrected chi connectivity index (χ1v) is 7.12. The van der Waals surface area contributed by atoms with E-state index in [1.54, 1.807) is 0 Å². The van der Waals surface area contributed by atoms with Crippen molar-refractivity contribution in [2.24, 2.45) is 0 Å². The number of hydrogen-bond acceptors (Lipinski definition) is 3. The number of oxazole rings is 1. The Morgan fingerprint density at radius 2 is 2.00 bits per heavy atom. The van der Waals surface area contributed by atoms with Gasteiger partial charge in [0.15, 0.2) is 5.58 Å². The van der Waals surface area contributed by atoms with Crippen LogP contribution < -0.4 is 0 Å². The lowest BCUT2D eigenvalue weighted by molar-refractivity contribution is -0.118. The third-order valence-electron chi connectivity index (χ3n) is 3.46. The predicted molar refractivity (Wildman–Crippen MR) is 82.2 cm³/mol. The topological polar surface area (TPSA) is 43.1 Å². The molecule has 3 aromatic rings. The maximum Gasteiger partial charge on any atom is 0.202 e. The zero-order valence-electron chi connectivity index (χ0n) is 12.0. The fourth-order valence-corrected chi connectivity index (χ4v) is 2.40. The summed E-state index contributed by atoms with van der Waals surface area (Å²) in [6.45, 7) is 2.06. The first-order chi connectivity index (χ1) is 10.2. The molecule has 0 radical (unpaired) electrons. The van der Waals surface area contributed by atoms with Crippen LogP contribution >= 0.6 is 0 Å². The summed E-state index contributed by atoms with van der Waals surface area (Å²) < 4.78 is 5.58. The molecule has 0 saturated heterocycles. The molecule has 3 nitrogen and oxygen atoms in total. The van der Waals surface area contributed by atoms with Gasteiger partial charge in [0, 0.05) is 6.42 Å². The molecule has 3 rings (SSSR count). The minimum absolute atomic E-state index is 0.156. The molecule has 0 fully saturated rings. The Kier molecular flexibility index (Phi) is 3.82. The molecule has 1 aromatic heterocycles. The van der Waals surface area contributed by atoms with Crippen LogP contribution in [0.4, 0.5) is 0 Å². The van der Waals surface area contributed by atoms with E-state index in [1.165, 1.54) is 11.1 Å². The summed E-state index contributed by atoms with van der Waals surface area (Å²) in [6, 6.07) is 15.8. The van der Waals surface area contributed by atoms with Crippen LogP contribution in [0.25, 0.3) is 11.1 Å². The minimum atomic E-state index is 0.156. The van der Waals surface area contributed by atoms with E-state index in [0.29, 0.717) is 12.3 Å². The van der Waals surface area contributed by atoms with Gasteiger partial charge in [-0.25, -0.2) is 4.98 Å². The lowest BCUT2D eigenvalue weighted by Gasteiger charge is -2.01. The number of fused-ring (bicyclic) bond motifs is 1. The fraction of sp³-hybridized carbons (Fsp3) is 0.222. The molecule has 0 saturated carbocycles. The molecular weight excluding hydrogens is 262 g/mol. The van der Waals surface area contributed by atoms with Gasteiger partial charge in [0.25, 0.3) is 0 Å². The summed E-state index contributed by atoms with van der Waals surface area (Å²) >= 11 is 0. The molecule has 1 heterocycles. The van der Waals surface area contributed by atoms with Crippen molar-refractivity contribution in [2.75, 3.05) is 0 Å². The average Bonchev–Trinajstić information content (AvgIpc) is 2.87. The normalized spacial score (nSPS) is 10.9. The van der Waals surface area contributed by atoms with Crippen LogP contribution in [-0.4, -0.2) is 10.8 Å². The summed E-state index contributed by atoms with van der Waals surface area (Å²) in [6.07, 6.45) is 1.55. The van der Waals surface area contributed by atoms with Gasteiger partial charge in [-0.1, -0.05) is 42.0 Å². The van der Waals surface area contributed by atoms with Gasteiger partial charge in [-0.15, -0.1) is 0 Å². The molecule has 0 aliphatic carbocycles. The van der Waals surface area contributed by atoms with Crippen molar-refractivity contribution in [2.45, 2.75) is 26.2 Å². The third kappa shape index (κ3) is 3.37. The van der Waals surface area contributed by atoms with E-state index >= 15 is 0 Å². The molecule has 0 unspecified atom stereocenters. The fourth-order valence-electron chi connectivity index (χ4n) is 2.40. The van der Waals surface area contributed by atoms with Crippen molar-refractivity contribution in [1.82, 2.24) is 4.98 Å². The zero-order chi connectivity index (χ0) is 14.7. The Morgan fingerprint density at radius 1 is 1.14 bits per heavy atom. The van der Waals surface area contributed by atoms with Gasteiger partial charge in [0.2, 0.25) is 5.89 Å². The minimum Gasteiger partial charge on any atom is -0.440 e. The van der Waals surface area contributed by atoms with Gasteiger partial charge in [0.05, 0.1) is 6.42 Å². The average molecular weight is 279 g/mol. The molecular formula is C18H17NO2. The zero-order valence-corrected chi connectivity index (χ0v) is 12.0. The van der Waals surface area contributed by atoms with Gasteiger partial charge in [-0.05, 0) is 31.0 Å². The number of aromatic nitrogens is 1. The Hall–Kier alpha value is -2.42. The summed E-state index contributed by atoms with van der Waals surface area (Å²) in [4.78, 5) is 16.4. The van der Waals surface area contributed by atoms with Gasteiger partial charge >= 0.3 is 0 Å². The quantitative estimate of drug-likeness (QED) is 0.711. The van der Waals surface area contributed by atoms with Crippen molar-refractivity contribution in [3.05, 3.63) is 65.5 Å². The summed E-state index contributed by atoms with van der Waals surface area (Å²) in [5.41, 5.74) is 3.96. The van der Waals surface area contributed by atoms with Crippen LogP contribution in [0.3, 0.4) is 0 Å². The number of para-hydroxylation sites is 2. The summed E-state index contributed by atoms with van der Waals surface area (Å²) in [7, 11) is 0. The lowest BCUT2D eigenvalue weighted by atomic mass is 10.0. The molecule has 3 heteroatoms. The highest BCUT2D eigenvalue weighted by molar-refractivity contribution is 5.81. The Morgan fingerprint density at radius 3 is 2.81 bits per heavy atom. The highest BCUT2D eigenvalue weighted by Crippen LogP contribution is 2.16. The van der Waals surface area contributed by atoms with Crippen molar-refractivity contribution >= 4 is 16.9 Å². The van der Waals surface area contributed by atoms with Crippen molar-refractivity contribution < 1.29 is 9.21 Å². The molecule has 0 aliphatic heterocycles. The van der Waals surface area contributed by atoms with E-state index in [1.807, 2.05) is 30.3 Å². The van der Waals surface area contributed by atoms with Crippen molar-refractivity contribution in [3.8, 4) is 0 Å². The molecule has 0 amide bonds. The molecule has 0 atom stereocenters. The monoisotopic (exact) mass is 279 g/mol. The van der Waals surface area contributed by atoms with E-state index in [0.717, 1.165) is 17.5 Å². The highest BCUT2D eigenvalue weighted by atomic mass is 16.3. The van der Waals surface area contributed by atoms with Crippen LogP contribution in [0.15, 0.2) is 52.9 Å². The number of Topliss-reactive ketones (excluding diaryl/α,β-unsaturated/α-hetero) is 1. The number of hydrogen-bond donors (Lipinski definition) is 0. The van der Waals surface area contributed by atoms with E-state index in [4.69, 9.17) is 4.42 Å². The maximum absolute atomic E-state index is 12.0. The maximum atomic E-state index is 12.0. The van der Waals surface area contributed by atoms with Gasteiger partial charge < -0.3 is 4.42 Å². The highest BCUT2D eigenvalue weighted by Gasteiger charge is 2.10. The first kappa shape index (κ1) is 13.6. The lowest BCUT2D eigenvalue weighted by Crippen LogP contribution is -2.04. The smallest absolute Gasteiger partial charge is 0.202 e.